The fourth-order valence-corrected chi connectivity index (χ4v) is 4.08. The standard InChI is InChI=1S/C23H21N3O4S/c1-23(2,30)14-26-19-9-4-16(13-15(19)3-10-20(26)28)25-12-11-24-21(22(25)29)31-18-7-5-17(27)6-8-18/h3-13,27,30H,14H2,1-2H3. The Morgan fingerprint density at radius 2 is 1.77 bits per heavy atom. The Labute approximate surface area is 182 Å². The molecule has 0 spiro atoms. The van der Waals surface area contributed by atoms with Gasteiger partial charge in [0.1, 0.15) is 5.75 Å². The molecule has 31 heavy (non-hydrogen) atoms. The summed E-state index contributed by atoms with van der Waals surface area (Å²) in [6, 6.07) is 15.1. The highest BCUT2D eigenvalue weighted by Crippen LogP contribution is 2.25. The molecule has 158 valence electrons. The first-order chi connectivity index (χ1) is 14.7. The number of phenols is 1. The molecule has 0 bridgehead atoms. The number of aromatic nitrogens is 3. The summed E-state index contributed by atoms with van der Waals surface area (Å²) in [7, 11) is 0. The zero-order valence-corrected chi connectivity index (χ0v) is 17.8. The van der Waals surface area contributed by atoms with Crippen LogP contribution in [0.25, 0.3) is 16.6 Å². The van der Waals surface area contributed by atoms with Gasteiger partial charge < -0.3 is 14.8 Å². The largest absolute Gasteiger partial charge is 0.508 e. The number of phenolic OH excluding ortho intramolecular Hbond substituents is 1. The Morgan fingerprint density at radius 1 is 1.03 bits per heavy atom. The second kappa shape index (κ2) is 8.05. The minimum atomic E-state index is -1.04. The third-order valence-corrected chi connectivity index (χ3v) is 5.64. The van der Waals surface area contributed by atoms with Gasteiger partial charge in [0, 0.05) is 34.4 Å². The lowest BCUT2D eigenvalue weighted by atomic mass is 10.1. The smallest absolute Gasteiger partial charge is 0.287 e. The minimum absolute atomic E-state index is 0.155. The Bertz CT molecular complexity index is 1370. The molecule has 0 unspecified atom stereocenters. The lowest BCUT2D eigenvalue weighted by Crippen LogP contribution is -2.32. The summed E-state index contributed by atoms with van der Waals surface area (Å²) in [5.74, 6) is 0.155. The van der Waals surface area contributed by atoms with Crippen LogP contribution in [0.3, 0.4) is 0 Å². The van der Waals surface area contributed by atoms with Crippen LogP contribution in [0.4, 0.5) is 0 Å². The van der Waals surface area contributed by atoms with E-state index in [-0.39, 0.29) is 23.4 Å². The summed E-state index contributed by atoms with van der Waals surface area (Å²) in [5.41, 5.74) is -0.194. The molecule has 0 saturated carbocycles. The van der Waals surface area contributed by atoms with Gasteiger partial charge in [0.15, 0.2) is 5.03 Å². The van der Waals surface area contributed by atoms with E-state index in [1.807, 2.05) is 6.07 Å². The molecule has 0 fully saturated rings. The number of fused-ring (bicyclic) bond motifs is 1. The molecule has 2 aromatic carbocycles. The number of benzene rings is 2. The summed E-state index contributed by atoms with van der Waals surface area (Å²) in [6.07, 6.45) is 3.15. The van der Waals surface area contributed by atoms with Gasteiger partial charge >= 0.3 is 0 Å². The number of aromatic hydroxyl groups is 1. The van der Waals surface area contributed by atoms with Gasteiger partial charge in [-0.05, 0) is 62.4 Å². The summed E-state index contributed by atoms with van der Waals surface area (Å²) in [4.78, 5) is 30.3. The molecule has 0 amide bonds. The van der Waals surface area contributed by atoms with Gasteiger partial charge in [-0.3, -0.25) is 14.2 Å². The van der Waals surface area contributed by atoms with Crippen molar-refractivity contribution in [2.45, 2.75) is 35.9 Å². The molecule has 4 rings (SSSR count). The lowest BCUT2D eigenvalue weighted by molar-refractivity contribution is 0.0618. The van der Waals surface area contributed by atoms with Crippen LogP contribution in [0, 0.1) is 0 Å². The van der Waals surface area contributed by atoms with Crippen molar-refractivity contribution in [1.82, 2.24) is 14.1 Å². The molecule has 0 aliphatic carbocycles. The van der Waals surface area contributed by atoms with E-state index >= 15 is 0 Å². The Balaban J connectivity index is 1.75. The third-order valence-electron chi connectivity index (χ3n) is 4.66. The fourth-order valence-electron chi connectivity index (χ4n) is 3.28. The topological polar surface area (TPSA) is 97.3 Å². The molecule has 4 aromatic rings. The van der Waals surface area contributed by atoms with Gasteiger partial charge in [0.25, 0.3) is 11.1 Å². The first kappa shape index (κ1) is 20.9. The Hall–Kier alpha value is -3.36. The van der Waals surface area contributed by atoms with Crippen molar-refractivity contribution in [2.75, 3.05) is 0 Å². The Kier molecular flexibility index (Phi) is 5.43. The highest BCUT2D eigenvalue weighted by molar-refractivity contribution is 7.99. The molecule has 8 heteroatoms. The summed E-state index contributed by atoms with van der Waals surface area (Å²) < 4.78 is 3.03. The Morgan fingerprint density at radius 3 is 2.48 bits per heavy atom. The number of rotatable bonds is 5. The molecule has 2 N–H and O–H groups in total. The monoisotopic (exact) mass is 435 g/mol. The number of hydrogen-bond acceptors (Lipinski definition) is 6. The average Bonchev–Trinajstić information content (AvgIpc) is 2.72. The van der Waals surface area contributed by atoms with E-state index in [2.05, 4.69) is 4.98 Å². The van der Waals surface area contributed by atoms with E-state index in [1.165, 1.54) is 27.0 Å². The SMILES string of the molecule is CC(C)(O)Cn1c(=O)ccc2cc(-n3ccnc(Sc4ccc(O)cc4)c3=O)ccc21. The van der Waals surface area contributed by atoms with Crippen molar-refractivity contribution in [3.63, 3.8) is 0 Å². The van der Waals surface area contributed by atoms with Gasteiger partial charge in [-0.1, -0.05) is 11.8 Å². The molecule has 7 nitrogen and oxygen atoms in total. The van der Waals surface area contributed by atoms with Crippen LogP contribution in [0.1, 0.15) is 13.8 Å². The van der Waals surface area contributed by atoms with Gasteiger partial charge in [-0.25, -0.2) is 4.98 Å². The zero-order chi connectivity index (χ0) is 22.2. The summed E-state index contributed by atoms with van der Waals surface area (Å²) >= 11 is 1.22. The predicted octanol–water partition coefficient (Wildman–Crippen LogP) is 3.18. The molecule has 0 radical (unpaired) electrons. The van der Waals surface area contributed by atoms with Crippen LogP contribution in [0.15, 0.2) is 86.5 Å². The molecule has 0 atom stereocenters. The van der Waals surface area contributed by atoms with Crippen molar-refractivity contribution in [3.05, 3.63) is 87.7 Å². The van der Waals surface area contributed by atoms with E-state index in [1.54, 1.807) is 68.7 Å². The summed E-state index contributed by atoms with van der Waals surface area (Å²) in [5, 5.41) is 20.7. The maximum Gasteiger partial charge on any atom is 0.287 e. The van der Waals surface area contributed by atoms with Crippen LogP contribution in [-0.4, -0.2) is 29.9 Å². The second-order valence-corrected chi connectivity index (χ2v) is 8.88. The molecular formula is C23H21N3O4S. The van der Waals surface area contributed by atoms with E-state index in [0.717, 1.165) is 10.3 Å². The number of hydrogen-bond donors (Lipinski definition) is 2. The molecule has 0 aliphatic rings. The van der Waals surface area contributed by atoms with Gasteiger partial charge in [-0.15, -0.1) is 0 Å². The minimum Gasteiger partial charge on any atom is -0.508 e. The lowest BCUT2D eigenvalue weighted by Gasteiger charge is -2.20. The van der Waals surface area contributed by atoms with E-state index in [4.69, 9.17) is 0 Å². The normalized spacial score (nSPS) is 11.7. The van der Waals surface area contributed by atoms with Crippen molar-refractivity contribution >= 4 is 22.7 Å². The molecule has 2 heterocycles. The fraction of sp³-hybridized carbons (Fsp3) is 0.174. The van der Waals surface area contributed by atoms with Crippen molar-refractivity contribution in [3.8, 4) is 11.4 Å². The zero-order valence-electron chi connectivity index (χ0n) is 17.0. The highest BCUT2D eigenvalue weighted by Gasteiger charge is 2.16. The van der Waals surface area contributed by atoms with Crippen LogP contribution in [-0.2, 0) is 6.54 Å². The third kappa shape index (κ3) is 4.55. The van der Waals surface area contributed by atoms with Crippen molar-refractivity contribution < 1.29 is 10.2 Å². The molecule has 2 aromatic heterocycles. The molecular weight excluding hydrogens is 414 g/mol. The predicted molar refractivity (Wildman–Crippen MR) is 120 cm³/mol. The number of pyridine rings is 1. The van der Waals surface area contributed by atoms with Crippen molar-refractivity contribution in [2.24, 2.45) is 0 Å². The number of aliphatic hydroxyl groups is 1. The van der Waals surface area contributed by atoms with Crippen LogP contribution in [0.2, 0.25) is 0 Å². The van der Waals surface area contributed by atoms with E-state index < -0.39 is 5.60 Å². The molecule has 0 saturated heterocycles. The van der Waals surface area contributed by atoms with Crippen molar-refractivity contribution in [1.29, 1.82) is 0 Å². The molecule has 0 aliphatic heterocycles. The maximum absolute atomic E-state index is 13.0. The first-order valence-electron chi connectivity index (χ1n) is 9.62. The van der Waals surface area contributed by atoms with Crippen LogP contribution in [0.5, 0.6) is 5.75 Å². The maximum atomic E-state index is 13.0. The summed E-state index contributed by atoms with van der Waals surface area (Å²) in [6.45, 7) is 3.46. The van der Waals surface area contributed by atoms with E-state index in [0.29, 0.717) is 16.2 Å². The average molecular weight is 436 g/mol. The van der Waals surface area contributed by atoms with Gasteiger partial charge in [0.2, 0.25) is 0 Å². The van der Waals surface area contributed by atoms with Crippen LogP contribution >= 0.6 is 11.8 Å². The van der Waals surface area contributed by atoms with E-state index in [9.17, 15) is 19.8 Å². The second-order valence-electron chi connectivity index (χ2n) is 7.82. The first-order valence-corrected chi connectivity index (χ1v) is 10.4. The quantitative estimate of drug-likeness (QED) is 0.500. The van der Waals surface area contributed by atoms with Gasteiger partial charge in [0.05, 0.1) is 17.7 Å². The number of nitrogens with zero attached hydrogens (tertiary/aromatic N) is 3. The van der Waals surface area contributed by atoms with Gasteiger partial charge in [-0.2, -0.15) is 0 Å². The highest BCUT2D eigenvalue weighted by atomic mass is 32.2. The van der Waals surface area contributed by atoms with Crippen LogP contribution < -0.4 is 11.1 Å².